The number of aromatic nitrogens is 1. The lowest BCUT2D eigenvalue weighted by molar-refractivity contribution is 0.0240. The van der Waals surface area contributed by atoms with Gasteiger partial charge in [0.25, 0.3) is 0 Å². The van der Waals surface area contributed by atoms with Gasteiger partial charge in [0.15, 0.2) is 0 Å². The zero-order valence-electron chi connectivity index (χ0n) is 9.85. The maximum absolute atomic E-state index is 5.40. The average molecular weight is 248 g/mol. The Hall–Kier alpha value is -1.23. The molecule has 1 aromatic carbocycles. The summed E-state index contributed by atoms with van der Waals surface area (Å²) < 4.78 is 0. The summed E-state index contributed by atoms with van der Waals surface area (Å²) in [6.45, 7) is 3.41. The highest BCUT2D eigenvalue weighted by atomic mass is 32.1. The summed E-state index contributed by atoms with van der Waals surface area (Å²) in [7, 11) is 0. The fourth-order valence-corrected chi connectivity index (χ4v) is 2.21. The van der Waals surface area contributed by atoms with Gasteiger partial charge in [-0.25, -0.2) is 4.98 Å². The Kier molecular flexibility index (Phi) is 4.67. The summed E-state index contributed by atoms with van der Waals surface area (Å²) in [5.41, 5.74) is 4.12. The minimum absolute atomic E-state index is 0.584. The topological polar surface area (TPSA) is 34.2 Å². The number of nitrogens with one attached hydrogen (secondary N) is 1. The first-order valence-corrected chi connectivity index (χ1v) is 6.52. The molecule has 2 aromatic rings. The molecule has 0 aliphatic rings. The van der Waals surface area contributed by atoms with Gasteiger partial charge in [-0.05, 0) is 12.0 Å². The van der Waals surface area contributed by atoms with E-state index < -0.39 is 0 Å². The molecule has 0 amide bonds. The Balaban J connectivity index is 1.69. The van der Waals surface area contributed by atoms with E-state index in [1.54, 1.807) is 11.3 Å². The van der Waals surface area contributed by atoms with Crippen molar-refractivity contribution in [3.05, 3.63) is 52.0 Å². The Morgan fingerprint density at radius 3 is 2.82 bits per heavy atom. The molecule has 0 bridgehead atoms. The van der Waals surface area contributed by atoms with Crippen LogP contribution >= 0.6 is 11.3 Å². The molecular weight excluding hydrogens is 232 g/mol. The highest BCUT2D eigenvalue weighted by molar-refractivity contribution is 7.11. The van der Waals surface area contributed by atoms with Crippen LogP contribution in [0.25, 0.3) is 0 Å². The lowest BCUT2D eigenvalue weighted by Gasteiger charge is -2.04. The molecule has 0 unspecified atom stereocenters. The van der Waals surface area contributed by atoms with Crippen LogP contribution in [0.4, 0.5) is 0 Å². The molecule has 0 aliphatic heterocycles. The lowest BCUT2D eigenvalue weighted by atomic mass is 10.2. The van der Waals surface area contributed by atoms with E-state index in [2.05, 4.69) is 17.4 Å². The van der Waals surface area contributed by atoms with Crippen molar-refractivity contribution in [3.8, 4) is 0 Å². The van der Waals surface area contributed by atoms with Crippen molar-refractivity contribution >= 4 is 11.3 Å². The summed E-state index contributed by atoms with van der Waals surface area (Å²) >= 11 is 1.73. The number of thiazole rings is 1. The van der Waals surface area contributed by atoms with E-state index in [1.165, 1.54) is 15.4 Å². The number of aryl methyl sites for hydroxylation is 1. The Labute approximate surface area is 105 Å². The largest absolute Gasteiger partial charge is 0.297 e. The molecule has 2 rings (SSSR count). The summed E-state index contributed by atoms with van der Waals surface area (Å²) in [6, 6.07) is 10.1. The molecule has 90 valence electrons. The normalized spacial score (nSPS) is 10.6. The molecule has 3 nitrogen and oxygen atoms in total. The molecule has 0 saturated heterocycles. The van der Waals surface area contributed by atoms with Crippen LogP contribution in [-0.2, 0) is 24.4 Å². The van der Waals surface area contributed by atoms with Gasteiger partial charge >= 0.3 is 0 Å². The molecule has 1 aromatic heterocycles. The van der Waals surface area contributed by atoms with E-state index in [9.17, 15) is 0 Å². The van der Waals surface area contributed by atoms with Crippen molar-refractivity contribution in [1.29, 1.82) is 0 Å². The summed E-state index contributed by atoms with van der Waals surface area (Å²) in [6.07, 6.45) is 2.90. The average Bonchev–Trinajstić information content (AvgIpc) is 2.84. The van der Waals surface area contributed by atoms with E-state index in [0.717, 1.165) is 6.42 Å². The quantitative estimate of drug-likeness (QED) is 0.630. The van der Waals surface area contributed by atoms with E-state index in [4.69, 9.17) is 4.84 Å². The van der Waals surface area contributed by atoms with E-state index in [-0.39, 0.29) is 0 Å². The third-order valence-electron chi connectivity index (χ3n) is 2.33. The molecule has 17 heavy (non-hydrogen) atoms. The van der Waals surface area contributed by atoms with Crippen molar-refractivity contribution < 1.29 is 4.84 Å². The smallest absolute Gasteiger partial charge is 0.0933 e. The standard InChI is InChI=1S/C13H16N2OS/c1-2-13-14-8-12(17-13)9-15-16-10-11-6-4-3-5-7-11/h3-8,15H,2,9-10H2,1H3. The van der Waals surface area contributed by atoms with Gasteiger partial charge in [0, 0.05) is 11.1 Å². The molecule has 0 atom stereocenters. The second-order valence-electron chi connectivity index (χ2n) is 3.67. The SMILES string of the molecule is CCc1ncc(CNOCc2ccccc2)s1. The van der Waals surface area contributed by atoms with E-state index in [0.29, 0.717) is 13.2 Å². The Bertz CT molecular complexity index is 442. The van der Waals surface area contributed by atoms with E-state index in [1.807, 2.05) is 36.5 Å². The van der Waals surface area contributed by atoms with Crippen LogP contribution in [0.15, 0.2) is 36.5 Å². The van der Waals surface area contributed by atoms with Crippen LogP contribution in [0.3, 0.4) is 0 Å². The van der Waals surface area contributed by atoms with Gasteiger partial charge in [-0.3, -0.25) is 4.84 Å². The van der Waals surface area contributed by atoms with Gasteiger partial charge in [0.05, 0.1) is 18.2 Å². The van der Waals surface area contributed by atoms with Gasteiger partial charge < -0.3 is 0 Å². The maximum Gasteiger partial charge on any atom is 0.0933 e. The zero-order valence-corrected chi connectivity index (χ0v) is 10.7. The van der Waals surface area contributed by atoms with Crippen molar-refractivity contribution in [2.45, 2.75) is 26.5 Å². The predicted octanol–water partition coefficient (Wildman–Crippen LogP) is 2.93. The molecule has 0 aliphatic carbocycles. The third-order valence-corrected chi connectivity index (χ3v) is 3.48. The van der Waals surface area contributed by atoms with Crippen LogP contribution < -0.4 is 5.48 Å². The number of rotatable bonds is 6. The molecule has 0 fully saturated rings. The Morgan fingerprint density at radius 1 is 1.29 bits per heavy atom. The molecule has 0 saturated carbocycles. The fraction of sp³-hybridized carbons (Fsp3) is 0.308. The number of hydrogen-bond donors (Lipinski definition) is 1. The van der Waals surface area contributed by atoms with Crippen LogP contribution in [0, 0.1) is 0 Å². The molecule has 0 radical (unpaired) electrons. The van der Waals surface area contributed by atoms with Gasteiger partial charge in [0.2, 0.25) is 0 Å². The Morgan fingerprint density at radius 2 is 2.12 bits per heavy atom. The third kappa shape index (κ3) is 3.93. The monoisotopic (exact) mass is 248 g/mol. The van der Waals surface area contributed by atoms with Crippen LogP contribution in [0.5, 0.6) is 0 Å². The first-order chi connectivity index (χ1) is 8.38. The van der Waals surface area contributed by atoms with Crippen LogP contribution in [-0.4, -0.2) is 4.98 Å². The highest BCUT2D eigenvalue weighted by Crippen LogP contribution is 2.12. The summed E-state index contributed by atoms with van der Waals surface area (Å²) in [5, 5.41) is 1.17. The number of nitrogens with zero attached hydrogens (tertiary/aromatic N) is 1. The van der Waals surface area contributed by atoms with Crippen molar-refractivity contribution in [2.75, 3.05) is 0 Å². The number of hydroxylamine groups is 1. The van der Waals surface area contributed by atoms with Crippen LogP contribution in [0.2, 0.25) is 0 Å². The molecule has 1 N–H and O–H groups in total. The molecule has 0 spiro atoms. The van der Waals surface area contributed by atoms with Crippen molar-refractivity contribution in [2.24, 2.45) is 0 Å². The van der Waals surface area contributed by atoms with Crippen LogP contribution in [0.1, 0.15) is 22.4 Å². The second kappa shape index (κ2) is 6.49. The van der Waals surface area contributed by atoms with Crippen molar-refractivity contribution in [1.82, 2.24) is 10.5 Å². The highest BCUT2D eigenvalue weighted by Gasteiger charge is 1.99. The molecular formula is C13H16N2OS. The first-order valence-electron chi connectivity index (χ1n) is 5.70. The van der Waals surface area contributed by atoms with Gasteiger partial charge in [-0.2, -0.15) is 5.48 Å². The minimum atomic E-state index is 0.584. The first kappa shape index (κ1) is 12.2. The molecule has 4 heteroatoms. The zero-order chi connectivity index (χ0) is 11.9. The minimum Gasteiger partial charge on any atom is -0.297 e. The van der Waals surface area contributed by atoms with Crippen molar-refractivity contribution in [3.63, 3.8) is 0 Å². The van der Waals surface area contributed by atoms with Gasteiger partial charge in [0.1, 0.15) is 0 Å². The number of hydrogen-bond acceptors (Lipinski definition) is 4. The van der Waals surface area contributed by atoms with Gasteiger partial charge in [-0.15, -0.1) is 11.3 Å². The molecule has 1 heterocycles. The fourth-order valence-electron chi connectivity index (χ4n) is 1.42. The number of benzene rings is 1. The predicted molar refractivity (Wildman–Crippen MR) is 69.6 cm³/mol. The van der Waals surface area contributed by atoms with E-state index >= 15 is 0 Å². The lowest BCUT2D eigenvalue weighted by Crippen LogP contribution is -2.12. The maximum atomic E-state index is 5.40. The van der Waals surface area contributed by atoms with Gasteiger partial charge in [-0.1, -0.05) is 37.3 Å². The summed E-state index contributed by atoms with van der Waals surface area (Å²) in [5.74, 6) is 0. The summed E-state index contributed by atoms with van der Waals surface area (Å²) in [4.78, 5) is 10.9. The second-order valence-corrected chi connectivity index (χ2v) is 4.87.